The Morgan fingerprint density at radius 1 is 0.589 bits per heavy atom. The van der Waals surface area contributed by atoms with Gasteiger partial charge >= 0.3 is 51.9 Å². The number of carbonyl (C=O) groups is 12. The molecule has 3 aromatic rings. The second kappa shape index (κ2) is 38.4. The third kappa shape index (κ3) is 25.7. The van der Waals surface area contributed by atoms with E-state index >= 15 is 0 Å². The maximum atomic E-state index is 13.8. The second-order valence-electron chi connectivity index (χ2n) is 20.5. The molecule has 493 valence electrons. The fourth-order valence-corrected chi connectivity index (χ4v) is 9.13. The Morgan fingerprint density at radius 3 is 1.53 bits per heavy atom. The van der Waals surface area contributed by atoms with Gasteiger partial charge in [0, 0.05) is 109 Å². The summed E-state index contributed by atoms with van der Waals surface area (Å²) in [7, 11) is 0. The summed E-state index contributed by atoms with van der Waals surface area (Å²) in [5.41, 5.74) is -2.10. The largest absolute Gasteiger partial charge is 3.00 e. The summed E-state index contributed by atoms with van der Waals surface area (Å²) in [6, 6.07) is -3.45. The van der Waals surface area contributed by atoms with Crippen molar-refractivity contribution in [3.63, 3.8) is 0 Å². The molecule has 1 radical (unpaired) electrons. The van der Waals surface area contributed by atoms with Crippen LogP contribution in [0.15, 0.2) is 52.4 Å². The second-order valence-corrected chi connectivity index (χ2v) is 20.5. The number of aromatic nitrogens is 2. The topological polar surface area (TPSA) is 550 Å². The minimum Gasteiger partial charge on any atom is -0.549 e. The van der Waals surface area contributed by atoms with Gasteiger partial charge in [0.1, 0.15) is 47.6 Å². The van der Waals surface area contributed by atoms with Crippen LogP contribution in [-0.2, 0) is 70.4 Å². The molecule has 1 aromatic heterocycles. The number of aliphatic hydroxyl groups is 2. The van der Waals surface area contributed by atoms with E-state index in [0.29, 0.717) is 5.56 Å². The van der Waals surface area contributed by atoms with E-state index in [2.05, 4.69) is 52.5 Å². The summed E-state index contributed by atoms with van der Waals surface area (Å²) in [5, 5.41) is 104. The summed E-state index contributed by atoms with van der Waals surface area (Å²) < 4.78 is 0. The van der Waals surface area contributed by atoms with Crippen molar-refractivity contribution in [2.45, 2.75) is 81.3 Å². The smallest absolute Gasteiger partial charge is 0.549 e. The molecule has 1 fully saturated rings. The fourth-order valence-electron chi connectivity index (χ4n) is 9.13. The average molecular weight is 1410 g/mol. The van der Waals surface area contributed by atoms with Crippen LogP contribution in [0, 0.1) is 39.9 Å². The molecule has 1 aliphatic heterocycles. The van der Waals surface area contributed by atoms with E-state index < -0.39 is 176 Å². The third-order valence-electron chi connectivity index (χ3n) is 13.9. The van der Waals surface area contributed by atoms with Gasteiger partial charge in [-0.05, 0) is 25.3 Å². The molecule has 0 bridgehead atoms. The molecule has 36 nitrogen and oxygen atoms in total. The first-order valence-electron chi connectivity index (χ1n) is 27.7. The number of benzene rings is 1. The number of carboxylic acid groups (broad SMARTS) is 6. The molecule has 4 rings (SSSR count). The first-order valence-corrected chi connectivity index (χ1v) is 27.7. The van der Waals surface area contributed by atoms with Gasteiger partial charge in [0.2, 0.25) is 35.4 Å². The van der Waals surface area contributed by atoms with Crippen LogP contribution in [0.4, 0.5) is 11.4 Å². The van der Waals surface area contributed by atoms with Gasteiger partial charge in [-0.25, -0.2) is 9.78 Å². The molecule has 1 aliphatic rings. The zero-order valence-electron chi connectivity index (χ0n) is 48.5. The number of aromatic amines is 1. The van der Waals surface area contributed by atoms with Crippen molar-refractivity contribution >= 4 is 82.6 Å². The molecule has 90 heavy (non-hydrogen) atoms. The van der Waals surface area contributed by atoms with E-state index in [1.807, 2.05) is 0 Å². The molecule has 6 amide bonds. The summed E-state index contributed by atoms with van der Waals surface area (Å²) >= 11 is 0. The van der Waals surface area contributed by atoms with Gasteiger partial charge < -0.3 is 108 Å². The van der Waals surface area contributed by atoms with E-state index in [1.54, 1.807) is 30.3 Å². The minimum atomic E-state index is -1.89. The number of anilines is 2. The molecule has 13 N–H and O–H groups in total. The number of nitrogens with one attached hydrogen (secondary N) is 9. The van der Waals surface area contributed by atoms with E-state index in [1.165, 1.54) is 32.1 Å². The SMILES string of the molecule is C[C@H](NC(=O)[C@H](CC(=O)O)NC(=O)CNc1c(NCCCC(C(=O)[O-])N2CCN(CC(=O)[O-])CCN(CC(=O)[O-])CCN(CC(=O)[O-])CC2)c(=O)c1=O)C(=O)N[C@@H](Cc1cnc[nH]1)C(=O)N[C@@H](CO)C(=O)N[C@@H](Cc1ccccc1)C(=O)N[C@@H](CO)C(=O)O.[Gd+3]. The van der Waals surface area contributed by atoms with Gasteiger partial charge in [0.15, 0.2) is 0 Å². The van der Waals surface area contributed by atoms with Crippen molar-refractivity contribution in [3.05, 3.63) is 74.6 Å². The first-order chi connectivity index (χ1) is 42.2. The Labute approximate surface area is 544 Å². The molecule has 0 aliphatic carbocycles. The number of nitrogens with zero attached hydrogens (tertiary/aromatic N) is 5. The van der Waals surface area contributed by atoms with Crippen LogP contribution in [0.25, 0.3) is 0 Å². The van der Waals surface area contributed by atoms with Crippen LogP contribution in [0.1, 0.15) is 37.4 Å². The predicted molar refractivity (Wildman–Crippen MR) is 296 cm³/mol. The number of aliphatic hydroxyl groups excluding tert-OH is 2. The van der Waals surface area contributed by atoms with Crippen molar-refractivity contribution < 1.29 is 138 Å². The number of imidazole rings is 1. The molecule has 1 unspecified atom stereocenters. The Morgan fingerprint density at radius 2 is 1.06 bits per heavy atom. The Kier molecular flexibility index (Phi) is 32.5. The third-order valence-corrected chi connectivity index (χ3v) is 13.9. The minimum absolute atomic E-state index is 0. The number of hydrogen-bond acceptors (Lipinski definition) is 27. The van der Waals surface area contributed by atoms with Crippen molar-refractivity contribution in [1.82, 2.24) is 61.5 Å². The van der Waals surface area contributed by atoms with Crippen molar-refractivity contribution in [1.29, 1.82) is 0 Å². The molecule has 0 saturated carbocycles. The predicted octanol–water partition coefficient (Wildman–Crippen LogP) is -12.8. The van der Waals surface area contributed by atoms with Crippen LogP contribution in [-0.4, -0.2) is 262 Å². The number of carbonyl (C=O) groups excluding carboxylic acids is 10. The van der Waals surface area contributed by atoms with Crippen LogP contribution in [0.2, 0.25) is 0 Å². The number of hydrogen-bond donors (Lipinski definition) is 13. The number of amides is 6. The monoisotopic (exact) mass is 1410 g/mol. The van der Waals surface area contributed by atoms with Crippen molar-refractivity contribution in [2.24, 2.45) is 0 Å². The summed E-state index contributed by atoms with van der Waals surface area (Å²) in [4.78, 5) is 189. The quantitative estimate of drug-likeness (QED) is 0.0190. The summed E-state index contributed by atoms with van der Waals surface area (Å²) in [6.07, 6.45) is 0.694. The van der Waals surface area contributed by atoms with E-state index in [9.17, 15) is 108 Å². The van der Waals surface area contributed by atoms with E-state index in [0.717, 1.165) is 6.92 Å². The van der Waals surface area contributed by atoms with Gasteiger partial charge in [-0.1, -0.05) is 30.3 Å². The first kappa shape index (κ1) is 76.1. The fraction of sp³-hybridized carbons (Fsp3) is 0.528. The molecular formula is C53H70GdN14O22-. The maximum Gasteiger partial charge on any atom is 3.00 e. The van der Waals surface area contributed by atoms with Crippen LogP contribution in [0.3, 0.4) is 0 Å². The standard InChI is InChI=1S/C53H74N14O22.Gd/c1-29(47(81)60-33(19-31-21-54-28-57-31)50(84)62-35(26-68)51(85)61-32(18-30-6-3-2-4-7-30)49(83)63-36(27-69)52(86)87)58-48(82)34(20-39(71)72)59-38(70)22-56-44-43(45(79)46(44)80)55-9-5-8-37(53(88)89)67-16-14-65(24-41(75)76)12-10-64(23-40(73)74)11-13-66(15-17-67)25-42(77)78;/h2-4,6-7,21,28-29,32-37,55-56,68-69H,5,8-20,22-27H2,1H3,(H,54,57)(H,58,82)(H,59,70)(H,60,81)(H,61,85)(H,62,84)(H,63,83)(H,71,72)(H,73,74)(H,75,76)(H,77,78)(H,86,87)(H,88,89);/q;+3/p-4/t29-,32-,33-,34-,35-,36-,37?;/m0./s1. The van der Waals surface area contributed by atoms with E-state index in [-0.39, 0.29) is 136 Å². The number of H-pyrrole nitrogens is 1. The van der Waals surface area contributed by atoms with Gasteiger partial charge in [-0.2, -0.15) is 0 Å². The molecular weight excluding hydrogens is 1340 g/mol. The summed E-state index contributed by atoms with van der Waals surface area (Å²) in [6.45, 7) is -3.95. The van der Waals surface area contributed by atoms with Gasteiger partial charge in [-0.3, -0.25) is 62.8 Å². The normalized spacial score (nSPS) is 16.0. The number of rotatable bonds is 36. The molecule has 2 aromatic carbocycles. The van der Waals surface area contributed by atoms with Gasteiger partial charge in [0.25, 0.3) is 10.9 Å². The zero-order valence-corrected chi connectivity index (χ0v) is 50.7. The molecule has 7 atom stereocenters. The number of carboxylic acids is 6. The Hall–Kier alpha value is -8.17. The van der Waals surface area contributed by atoms with Crippen LogP contribution in [0.5, 0.6) is 0 Å². The Balaban J connectivity index is 0.0000212. The molecule has 37 heteroatoms. The van der Waals surface area contributed by atoms with E-state index in [4.69, 9.17) is 0 Å². The van der Waals surface area contributed by atoms with Crippen LogP contribution < -0.4 is 73.8 Å². The Bertz CT molecular complexity index is 2990. The zero-order chi connectivity index (χ0) is 65.9. The van der Waals surface area contributed by atoms with Crippen LogP contribution >= 0.6 is 0 Å². The van der Waals surface area contributed by atoms with Gasteiger partial charge in [0.05, 0.1) is 56.4 Å². The maximum absolute atomic E-state index is 13.8. The molecule has 1 saturated heterocycles. The number of aliphatic carboxylic acids is 6. The van der Waals surface area contributed by atoms with Crippen molar-refractivity contribution in [3.8, 4) is 0 Å². The molecule has 2 heterocycles. The van der Waals surface area contributed by atoms with Gasteiger partial charge in [-0.15, -0.1) is 0 Å². The van der Waals surface area contributed by atoms with Crippen molar-refractivity contribution in [2.75, 3.05) is 109 Å². The molecule has 0 spiro atoms. The average Bonchev–Trinajstić information content (AvgIpc) is 0.879. The summed E-state index contributed by atoms with van der Waals surface area (Å²) in [5.74, 6) is -15.8.